The first-order chi connectivity index (χ1) is 7.41. The number of hydrogen-bond acceptors (Lipinski definition) is 2. The van der Waals surface area contributed by atoms with E-state index in [0.717, 1.165) is 0 Å². The highest BCUT2D eigenvalue weighted by molar-refractivity contribution is 5.80. The third kappa shape index (κ3) is 1.65. The van der Waals surface area contributed by atoms with Gasteiger partial charge in [0.25, 0.3) is 0 Å². The van der Waals surface area contributed by atoms with E-state index in [1.165, 1.54) is 17.0 Å². The number of aromatic nitrogens is 2. The summed E-state index contributed by atoms with van der Waals surface area (Å²) in [5, 5.41) is 0.440. The van der Waals surface area contributed by atoms with E-state index in [1.54, 1.807) is 19.2 Å². The van der Waals surface area contributed by atoms with Crippen LogP contribution < -0.4 is 5.73 Å². The van der Waals surface area contributed by atoms with Gasteiger partial charge in [0.05, 0.1) is 0 Å². The minimum atomic E-state index is -4.44. The highest BCUT2D eigenvalue weighted by Crippen LogP contribution is 2.34. The molecular formula is C10H10F3N3. The van der Waals surface area contributed by atoms with Crippen molar-refractivity contribution in [3.63, 3.8) is 0 Å². The summed E-state index contributed by atoms with van der Waals surface area (Å²) < 4.78 is 39.1. The molecule has 16 heavy (non-hydrogen) atoms. The molecule has 1 atom stereocenters. The van der Waals surface area contributed by atoms with Gasteiger partial charge in [0, 0.05) is 30.4 Å². The SMILES string of the molecule is Cn1cc(C(N)C(F)(F)F)c2cccnc21. The predicted molar refractivity (Wildman–Crippen MR) is 53.7 cm³/mol. The van der Waals surface area contributed by atoms with Gasteiger partial charge in [-0.25, -0.2) is 4.98 Å². The number of nitrogens with zero attached hydrogens (tertiary/aromatic N) is 2. The van der Waals surface area contributed by atoms with Crippen LogP contribution in [-0.4, -0.2) is 15.7 Å². The molecule has 0 saturated heterocycles. The number of nitrogens with two attached hydrogens (primary N) is 1. The van der Waals surface area contributed by atoms with E-state index in [0.29, 0.717) is 11.0 Å². The molecular weight excluding hydrogens is 219 g/mol. The minimum absolute atomic E-state index is 0.0538. The molecule has 0 aliphatic rings. The molecule has 86 valence electrons. The maximum atomic E-state index is 12.5. The van der Waals surface area contributed by atoms with Crippen molar-refractivity contribution in [2.75, 3.05) is 0 Å². The lowest BCUT2D eigenvalue weighted by atomic mass is 10.1. The van der Waals surface area contributed by atoms with Crippen LogP contribution in [-0.2, 0) is 7.05 Å². The lowest BCUT2D eigenvalue weighted by Gasteiger charge is -2.14. The van der Waals surface area contributed by atoms with Gasteiger partial charge < -0.3 is 10.3 Å². The molecule has 0 amide bonds. The van der Waals surface area contributed by atoms with E-state index in [2.05, 4.69) is 4.98 Å². The topological polar surface area (TPSA) is 43.8 Å². The van der Waals surface area contributed by atoms with Crippen LogP contribution in [0.4, 0.5) is 13.2 Å². The number of fused-ring (bicyclic) bond motifs is 1. The number of halogens is 3. The summed E-state index contributed by atoms with van der Waals surface area (Å²) >= 11 is 0. The zero-order valence-electron chi connectivity index (χ0n) is 8.49. The second kappa shape index (κ2) is 3.48. The Balaban J connectivity index is 2.62. The molecule has 2 aromatic heterocycles. The van der Waals surface area contributed by atoms with Gasteiger partial charge in [0.2, 0.25) is 0 Å². The van der Waals surface area contributed by atoms with Gasteiger partial charge in [0.1, 0.15) is 11.7 Å². The zero-order chi connectivity index (χ0) is 11.9. The first-order valence-corrected chi connectivity index (χ1v) is 4.63. The van der Waals surface area contributed by atoms with E-state index < -0.39 is 12.2 Å². The Hall–Kier alpha value is -1.56. The summed E-state index contributed by atoms with van der Waals surface area (Å²) in [6.45, 7) is 0. The van der Waals surface area contributed by atoms with Crippen LogP contribution in [0.5, 0.6) is 0 Å². The van der Waals surface area contributed by atoms with Crippen molar-refractivity contribution >= 4 is 11.0 Å². The molecule has 2 heterocycles. The fraction of sp³-hybridized carbons (Fsp3) is 0.300. The van der Waals surface area contributed by atoms with E-state index in [-0.39, 0.29) is 5.56 Å². The van der Waals surface area contributed by atoms with Crippen LogP contribution in [0.2, 0.25) is 0 Å². The molecule has 0 saturated carbocycles. The van der Waals surface area contributed by atoms with Gasteiger partial charge in [-0.2, -0.15) is 13.2 Å². The van der Waals surface area contributed by atoms with Gasteiger partial charge in [-0.15, -0.1) is 0 Å². The average Bonchev–Trinajstić information content (AvgIpc) is 2.55. The number of aryl methyl sites for hydroxylation is 1. The van der Waals surface area contributed by atoms with Crippen LogP contribution in [0.3, 0.4) is 0 Å². The standard InChI is InChI=1S/C10H10F3N3/c1-16-5-7(8(14)10(11,12)13)6-3-2-4-15-9(6)16/h2-5,8H,14H2,1H3. The molecule has 2 N–H and O–H groups in total. The third-order valence-corrected chi connectivity index (χ3v) is 2.45. The molecule has 0 aliphatic carbocycles. The molecule has 0 bridgehead atoms. The maximum Gasteiger partial charge on any atom is 0.407 e. The number of pyridine rings is 1. The largest absolute Gasteiger partial charge is 0.407 e. The Morgan fingerprint density at radius 1 is 1.44 bits per heavy atom. The molecule has 1 unspecified atom stereocenters. The first kappa shape index (κ1) is 10.9. The summed E-state index contributed by atoms with van der Waals surface area (Å²) in [6, 6.07) is 1.21. The van der Waals surface area contributed by atoms with Gasteiger partial charge >= 0.3 is 6.18 Å². The van der Waals surface area contributed by atoms with Crippen molar-refractivity contribution in [1.29, 1.82) is 0 Å². The van der Waals surface area contributed by atoms with Gasteiger partial charge in [-0.05, 0) is 12.1 Å². The Bertz CT molecular complexity index is 515. The van der Waals surface area contributed by atoms with Gasteiger partial charge in [0.15, 0.2) is 0 Å². The normalized spacial score (nSPS) is 14.3. The smallest absolute Gasteiger partial charge is 0.335 e. The van der Waals surface area contributed by atoms with Crippen molar-refractivity contribution in [1.82, 2.24) is 9.55 Å². The Labute approximate surface area is 89.7 Å². The van der Waals surface area contributed by atoms with Crippen LogP contribution in [0, 0.1) is 0 Å². The van der Waals surface area contributed by atoms with Crippen LogP contribution in [0.1, 0.15) is 11.6 Å². The lowest BCUT2D eigenvalue weighted by molar-refractivity contribution is -0.148. The van der Waals surface area contributed by atoms with E-state index >= 15 is 0 Å². The minimum Gasteiger partial charge on any atom is -0.335 e. The Morgan fingerprint density at radius 3 is 2.75 bits per heavy atom. The van der Waals surface area contributed by atoms with Crippen molar-refractivity contribution in [2.45, 2.75) is 12.2 Å². The summed E-state index contributed by atoms with van der Waals surface area (Å²) in [5.41, 5.74) is 5.74. The highest BCUT2D eigenvalue weighted by atomic mass is 19.4. The van der Waals surface area contributed by atoms with E-state index in [1.807, 2.05) is 0 Å². The number of rotatable bonds is 1. The number of hydrogen-bond donors (Lipinski definition) is 1. The monoisotopic (exact) mass is 229 g/mol. The second-order valence-electron chi connectivity index (χ2n) is 3.59. The second-order valence-corrected chi connectivity index (χ2v) is 3.59. The molecule has 6 heteroatoms. The van der Waals surface area contributed by atoms with Gasteiger partial charge in [-0.3, -0.25) is 0 Å². The van der Waals surface area contributed by atoms with E-state index in [4.69, 9.17) is 5.73 Å². The predicted octanol–water partition coefficient (Wildman–Crippen LogP) is 2.14. The van der Waals surface area contributed by atoms with Crippen LogP contribution in [0.15, 0.2) is 24.5 Å². The van der Waals surface area contributed by atoms with Crippen molar-refractivity contribution in [3.8, 4) is 0 Å². The quantitative estimate of drug-likeness (QED) is 0.814. The molecule has 0 fully saturated rings. The lowest BCUT2D eigenvalue weighted by Crippen LogP contribution is -2.28. The Morgan fingerprint density at radius 2 is 2.12 bits per heavy atom. The molecule has 0 radical (unpaired) electrons. The number of alkyl halides is 3. The zero-order valence-corrected chi connectivity index (χ0v) is 8.49. The molecule has 0 spiro atoms. The highest BCUT2D eigenvalue weighted by Gasteiger charge is 2.39. The fourth-order valence-electron chi connectivity index (χ4n) is 1.67. The first-order valence-electron chi connectivity index (χ1n) is 4.63. The van der Waals surface area contributed by atoms with E-state index in [9.17, 15) is 13.2 Å². The van der Waals surface area contributed by atoms with Gasteiger partial charge in [-0.1, -0.05) is 0 Å². The Kier molecular flexibility index (Phi) is 2.38. The van der Waals surface area contributed by atoms with Crippen LogP contribution >= 0.6 is 0 Å². The van der Waals surface area contributed by atoms with Crippen molar-refractivity contribution in [2.24, 2.45) is 12.8 Å². The third-order valence-electron chi connectivity index (χ3n) is 2.45. The summed E-state index contributed by atoms with van der Waals surface area (Å²) in [7, 11) is 1.64. The molecule has 0 aliphatic heterocycles. The molecule has 2 aromatic rings. The molecule has 0 aromatic carbocycles. The van der Waals surface area contributed by atoms with Crippen molar-refractivity contribution < 1.29 is 13.2 Å². The summed E-state index contributed by atoms with van der Waals surface area (Å²) in [6.07, 6.45) is -1.54. The van der Waals surface area contributed by atoms with Crippen LogP contribution in [0.25, 0.3) is 11.0 Å². The van der Waals surface area contributed by atoms with Crippen molar-refractivity contribution in [3.05, 3.63) is 30.1 Å². The summed E-state index contributed by atoms with van der Waals surface area (Å²) in [5.74, 6) is 0. The average molecular weight is 229 g/mol. The fourth-order valence-corrected chi connectivity index (χ4v) is 1.67. The molecule has 2 rings (SSSR count). The maximum absolute atomic E-state index is 12.5. The summed E-state index contributed by atoms with van der Waals surface area (Å²) in [4.78, 5) is 4.01. The molecule has 3 nitrogen and oxygen atoms in total.